The van der Waals surface area contributed by atoms with E-state index in [1.165, 1.54) is 5.31 Å². The predicted molar refractivity (Wildman–Crippen MR) is 60.0 cm³/mol. The molecule has 70 valence electrons. The van der Waals surface area contributed by atoms with E-state index in [2.05, 4.69) is 45.6 Å². The second-order valence-electron chi connectivity index (χ2n) is 3.31. The minimum absolute atomic E-state index is 0.450. The average molecular weight is 185 g/mol. The highest BCUT2D eigenvalue weighted by Gasteiger charge is 2.17. The first kappa shape index (κ1) is 11.7. The molecule has 0 bridgehead atoms. The molecule has 1 nitrogen and oxygen atoms in total. The Morgan fingerprint density at radius 1 is 1.50 bits per heavy atom. The zero-order valence-electron chi connectivity index (χ0n) is 8.59. The summed E-state index contributed by atoms with van der Waals surface area (Å²) in [5.41, 5.74) is 0. The lowest BCUT2D eigenvalue weighted by Gasteiger charge is -2.31. The normalized spacial score (nSPS) is 13.8. The van der Waals surface area contributed by atoms with E-state index in [9.17, 15) is 0 Å². The summed E-state index contributed by atoms with van der Waals surface area (Å²) in [7, 11) is 2.88. The molecule has 0 aromatic heterocycles. The van der Waals surface area contributed by atoms with Crippen LogP contribution in [0.4, 0.5) is 0 Å². The number of rotatable bonds is 5. The Bertz CT molecular complexity index is 163. The van der Waals surface area contributed by atoms with Crippen molar-refractivity contribution in [2.24, 2.45) is 5.92 Å². The molecular formula is C10H20NP. The molecule has 0 aliphatic rings. The molecule has 0 aromatic carbocycles. The largest absolute Gasteiger partial charge is 0.374 e. The molecule has 0 rings (SSSR count). The van der Waals surface area contributed by atoms with Gasteiger partial charge in [-0.1, -0.05) is 35.6 Å². The van der Waals surface area contributed by atoms with Gasteiger partial charge in [0, 0.05) is 7.05 Å². The van der Waals surface area contributed by atoms with Crippen molar-refractivity contribution in [3.8, 4) is 0 Å². The maximum absolute atomic E-state index is 4.09. The summed E-state index contributed by atoms with van der Waals surface area (Å²) < 4.78 is 0. The van der Waals surface area contributed by atoms with Crippen LogP contribution >= 0.6 is 8.58 Å². The van der Waals surface area contributed by atoms with Crippen molar-refractivity contribution in [1.82, 2.24) is 4.90 Å². The molecule has 0 heterocycles. The Balaban J connectivity index is 4.42. The maximum Gasteiger partial charge on any atom is 0.0552 e. The van der Waals surface area contributed by atoms with Crippen molar-refractivity contribution >= 4 is 8.58 Å². The third-order valence-corrected chi connectivity index (χ3v) is 2.97. The molecule has 0 amide bonds. The molecule has 2 heteroatoms. The highest BCUT2D eigenvalue weighted by atomic mass is 31.1. The highest BCUT2D eigenvalue weighted by Crippen LogP contribution is 2.28. The fraction of sp³-hybridized carbons (Fsp3) is 0.600. The van der Waals surface area contributed by atoms with Crippen molar-refractivity contribution in [3.63, 3.8) is 0 Å². The first-order valence-corrected chi connectivity index (χ1v) is 5.75. The van der Waals surface area contributed by atoms with Crippen LogP contribution in [-0.4, -0.2) is 24.7 Å². The third kappa shape index (κ3) is 2.98. The standard InChI is InChI=1S/C10H20NP/c1-7-11(5)10(8(2)3)9(4)12-6/h7-8,10,12H,1,4H2,2-3,5-6H3. The quantitative estimate of drug-likeness (QED) is 0.595. The average Bonchev–Trinajstić information content (AvgIpc) is 2.03. The van der Waals surface area contributed by atoms with Crippen molar-refractivity contribution in [1.29, 1.82) is 0 Å². The van der Waals surface area contributed by atoms with Gasteiger partial charge in [-0.2, -0.15) is 0 Å². The fourth-order valence-corrected chi connectivity index (χ4v) is 2.21. The number of hydrogen-bond acceptors (Lipinski definition) is 1. The first-order valence-electron chi connectivity index (χ1n) is 4.25. The molecule has 0 radical (unpaired) electrons. The SMILES string of the molecule is C=CN(C)C(C(=C)PC)C(C)C. The molecule has 2 atom stereocenters. The van der Waals surface area contributed by atoms with Gasteiger partial charge in [0.05, 0.1) is 6.04 Å². The Kier molecular flexibility index (Phi) is 5.24. The molecule has 2 unspecified atom stereocenters. The molecule has 0 saturated carbocycles. The monoisotopic (exact) mass is 185 g/mol. The van der Waals surface area contributed by atoms with E-state index in [1.54, 1.807) is 0 Å². The molecule has 0 saturated heterocycles. The lowest BCUT2D eigenvalue weighted by atomic mass is 10.0. The van der Waals surface area contributed by atoms with Gasteiger partial charge < -0.3 is 4.90 Å². The molecule has 12 heavy (non-hydrogen) atoms. The molecule has 0 aromatic rings. The van der Waals surface area contributed by atoms with E-state index in [4.69, 9.17) is 0 Å². The summed E-state index contributed by atoms with van der Waals surface area (Å²) in [6.07, 6.45) is 1.87. The van der Waals surface area contributed by atoms with E-state index in [1.807, 2.05) is 6.20 Å². The smallest absolute Gasteiger partial charge is 0.0552 e. The van der Waals surface area contributed by atoms with Crippen molar-refractivity contribution < 1.29 is 0 Å². The Hall–Kier alpha value is -0.290. The van der Waals surface area contributed by atoms with Gasteiger partial charge in [0.1, 0.15) is 0 Å². The highest BCUT2D eigenvalue weighted by molar-refractivity contribution is 7.42. The van der Waals surface area contributed by atoms with Crippen molar-refractivity contribution in [3.05, 3.63) is 24.7 Å². The van der Waals surface area contributed by atoms with Crippen LogP contribution in [0, 0.1) is 5.92 Å². The minimum atomic E-state index is 0.450. The van der Waals surface area contributed by atoms with Crippen LogP contribution in [0.3, 0.4) is 0 Å². The summed E-state index contributed by atoms with van der Waals surface area (Å²) in [6.45, 7) is 14.5. The van der Waals surface area contributed by atoms with Crippen LogP contribution in [0.1, 0.15) is 13.8 Å². The second kappa shape index (κ2) is 5.37. The van der Waals surface area contributed by atoms with Gasteiger partial charge in [0.15, 0.2) is 0 Å². The summed E-state index contributed by atoms with van der Waals surface area (Å²) in [5.74, 6) is 0.605. The topological polar surface area (TPSA) is 3.24 Å². The van der Waals surface area contributed by atoms with E-state index < -0.39 is 0 Å². The molecule has 0 fully saturated rings. The Morgan fingerprint density at radius 2 is 2.00 bits per heavy atom. The van der Waals surface area contributed by atoms with Crippen LogP contribution in [0.25, 0.3) is 0 Å². The van der Waals surface area contributed by atoms with Gasteiger partial charge in [-0.3, -0.25) is 0 Å². The first-order chi connectivity index (χ1) is 5.54. The summed E-state index contributed by atoms with van der Waals surface area (Å²) >= 11 is 0. The number of hydrogen-bond donors (Lipinski definition) is 0. The van der Waals surface area contributed by atoms with Crippen LogP contribution in [0.5, 0.6) is 0 Å². The van der Waals surface area contributed by atoms with Gasteiger partial charge in [0.25, 0.3) is 0 Å². The lowest BCUT2D eigenvalue weighted by molar-refractivity contribution is 0.308. The van der Waals surface area contributed by atoms with Crippen LogP contribution in [0.15, 0.2) is 24.7 Å². The summed E-state index contributed by atoms with van der Waals surface area (Å²) in [6, 6.07) is 0.450. The number of likely N-dealkylation sites (N-methyl/N-ethyl adjacent to an activating group) is 1. The summed E-state index contributed by atoms with van der Waals surface area (Å²) in [5, 5.41) is 1.31. The molecular weight excluding hydrogens is 165 g/mol. The zero-order chi connectivity index (χ0) is 9.72. The lowest BCUT2D eigenvalue weighted by Crippen LogP contribution is -2.32. The van der Waals surface area contributed by atoms with Crippen LogP contribution in [0.2, 0.25) is 0 Å². The maximum atomic E-state index is 4.09. The zero-order valence-corrected chi connectivity index (χ0v) is 9.59. The van der Waals surface area contributed by atoms with Crippen LogP contribution in [-0.2, 0) is 0 Å². The molecule has 0 spiro atoms. The molecule has 0 N–H and O–H groups in total. The minimum Gasteiger partial charge on any atom is -0.374 e. The van der Waals surface area contributed by atoms with Gasteiger partial charge in [-0.25, -0.2) is 0 Å². The van der Waals surface area contributed by atoms with E-state index >= 15 is 0 Å². The van der Waals surface area contributed by atoms with Gasteiger partial charge in [-0.05, 0) is 24.1 Å². The molecule has 0 aliphatic carbocycles. The van der Waals surface area contributed by atoms with E-state index in [0.29, 0.717) is 12.0 Å². The Labute approximate surface area is 78.3 Å². The van der Waals surface area contributed by atoms with Gasteiger partial charge in [-0.15, -0.1) is 0 Å². The van der Waals surface area contributed by atoms with Crippen molar-refractivity contribution in [2.75, 3.05) is 13.7 Å². The number of nitrogens with zero attached hydrogens (tertiary/aromatic N) is 1. The third-order valence-electron chi connectivity index (χ3n) is 2.04. The van der Waals surface area contributed by atoms with E-state index in [0.717, 1.165) is 8.58 Å². The van der Waals surface area contributed by atoms with Crippen molar-refractivity contribution in [2.45, 2.75) is 19.9 Å². The molecule has 0 aliphatic heterocycles. The fourth-order valence-electron chi connectivity index (χ4n) is 1.38. The van der Waals surface area contributed by atoms with Crippen LogP contribution < -0.4 is 0 Å². The summed E-state index contributed by atoms with van der Waals surface area (Å²) in [4.78, 5) is 2.14. The predicted octanol–water partition coefficient (Wildman–Crippen LogP) is 2.91. The van der Waals surface area contributed by atoms with Gasteiger partial charge in [0.2, 0.25) is 0 Å². The van der Waals surface area contributed by atoms with E-state index in [-0.39, 0.29) is 0 Å². The Morgan fingerprint density at radius 3 is 2.25 bits per heavy atom. The van der Waals surface area contributed by atoms with Gasteiger partial charge >= 0.3 is 0 Å². The second-order valence-corrected chi connectivity index (χ2v) is 4.45.